The minimum Gasteiger partial charge on any atom is -0.478 e. The maximum Gasteiger partial charge on any atom is 0.267 e. The van der Waals surface area contributed by atoms with Crippen LogP contribution in [0, 0.1) is 0 Å². The average Bonchev–Trinajstić information content (AvgIpc) is 3.25. The van der Waals surface area contributed by atoms with E-state index in [0.29, 0.717) is 11.4 Å². The van der Waals surface area contributed by atoms with Gasteiger partial charge in [-0.3, -0.25) is 4.79 Å². The lowest BCUT2D eigenvalue weighted by atomic mass is 10.1. The van der Waals surface area contributed by atoms with E-state index in [-0.39, 0.29) is 5.91 Å². The zero-order chi connectivity index (χ0) is 18.9. The van der Waals surface area contributed by atoms with Gasteiger partial charge in [0.2, 0.25) is 4.96 Å². The number of anilines is 1. The number of benzene rings is 2. The van der Waals surface area contributed by atoms with Gasteiger partial charge in [-0.05, 0) is 50.2 Å². The van der Waals surface area contributed by atoms with Crippen LogP contribution in [0.25, 0.3) is 15.5 Å². The third-order valence-electron chi connectivity index (χ3n) is 3.94. The summed E-state index contributed by atoms with van der Waals surface area (Å²) in [6, 6.07) is 16.8. The predicted molar refractivity (Wildman–Crippen MR) is 104 cm³/mol. The average molecular weight is 379 g/mol. The summed E-state index contributed by atoms with van der Waals surface area (Å²) in [6.45, 7) is 3.48. The largest absolute Gasteiger partial charge is 0.478 e. The van der Waals surface area contributed by atoms with Crippen molar-refractivity contribution in [1.29, 1.82) is 0 Å². The van der Waals surface area contributed by atoms with Gasteiger partial charge in [0, 0.05) is 11.3 Å². The van der Waals surface area contributed by atoms with E-state index in [1.165, 1.54) is 11.3 Å². The van der Waals surface area contributed by atoms with Gasteiger partial charge in [-0.1, -0.05) is 29.5 Å². The van der Waals surface area contributed by atoms with E-state index in [0.717, 1.165) is 15.5 Å². The number of carbonyl (C=O) groups is 1. The number of hydrogen-bond acceptors (Lipinski definition) is 6. The number of nitrogens with one attached hydrogen (secondary N) is 1. The molecule has 0 aliphatic heterocycles. The van der Waals surface area contributed by atoms with Gasteiger partial charge in [0.25, 0.3) is 5.91 Å². The highest BCUT2D eigenvalue weighted by Crippen LogP contribution is 2.26. The van der Waals surface area contributed by atoms with Gasteiger partial charge in [0.1, 0.15) is 17.1 Å². The highest BCUT2D eigenvalue weighted by atomic mass is 32.1. The normalized spacial score (nSPS) is 11.5. The molecule has 0 saturated heterocycles. The van der Waals surface area contributed by atoms with Gasteiger partial charge >= 0.3 is 0 Å². The molecule has 0 aliphatic rings. The summed E-state index contributed by atoms with van der Waals surface area (Å²) in [4.78, 5) is 13.3. The van der Waals surface area contributed by atoms with Crippen molar-refractivity contribution in [1.82, 2.24) is 19.8 Å². The first-order valence-electron chi connectivity index (χ1n) is 8.34. The highest BCUT2D eigenvalue weighted by molar-refractivity contribution is 7.19. The lowest BCUT2D eigenvalue weighted by molar-refractivity contribution is -0.128. The molecule has 2 aromatic heterocycles. The third kappa shape index (κ3) is 3.65. The number of amides is 1. The molecule has 0 aliphatic carbocycles. The lowest BCUT2D eigenvalue weighted by Crippen LogP contribution is -2.42. The zero-order valence-electron chi connectivity index (χ0n) is 14.8. The van der Waals surface area contributed by atoms with E-state index >= 15 is 0 Å². The summed E-state index contributed by atoms with van der Waals surface area (Å²) < 4.78 is 7.46. The molecule has 0 saturated carbocycles. The highest BCUT2D eigenvalue weighted by Gasteiger charge is 2.30. The Morgan fingerprint density at radius 3 is 2.56 bits per heavy atom. The summed E-state index contributed by atoms with van der Waals surface area (Å²) in [6.07, 6.45) is 1.57. The fraction of sp³-hybridized carbons (Fsp3) is 0.158. The van der Waals surface area contributed by atoms with Crippen molar-refractivity contribution in [2.75, 3.05) is 5.32 Å². The zero-order valence-corrected chi connectivity index (χ0v) is 15.6. The van der Waals surface area contributed by atoms with Crippen LogP contribution in [0.3, 0.4) is 0 Å². The number of hydrogen-bond donors (Lipinski definition) is 1. The Hall–Kier alpha value is -3.26. The number of carbonyl (C=O) groups excluding carboxylic acids is 1. The first-order chi connectivity index (χ1) is 13.0. The van der Waals surface area contributed by atoms with E-state index < -0.39 is 5.60 Å². The standard InChI is InChI=1S/C19H17N5O2S/c1-19(2,26-15-6-4-3-5-7-15)17(25)21-14-10-8-13(9-11-14)16-23-24-12-20-22-18(24)27-16/h3-12H,1-2H3,(H,21,25). The van der Waals surface area contributed by atoms with E-state index in [1.807, 2.05) is 54.6 Å². The smallest absolute Gasteiger partial charge is 0.267 e. The van der Waals surface area contributed by atoms with Gasteiger partial charge in [0.05, 0.1) is 0 Å². The Morgan fingerprint density at radius 2 is 1.85 bits per heavy atom. The summed E-state index contributed by atoms with van der Waals surface area (Å²) in [5.74, 6) is 0.425. The topological polar surface area (TPSA) is 81.4 Å². The molecule has 4 aromatic rings. The Bertz CT molecular complexity index is 1040. The van der Waals surface area contributed by atoms with Crippen LogP contribution in [0.4, 0.5) is 5.69 Å². The van der Waals surface area contributed by atoms with Crippen LogP contribution >= 0.6 is 11.3 Å². The second kappa shape index (κ2) is 6.81. The van der Waals surface area contributed by atoms with Crippen molar-refractivity contribution in [3.63, 3.8) is 0 Å². The molecule has 0 radical (unpaired) electrons. The molecule has 0 atom stereocenters. The van der Waals surface area contributed by atoms with Crippen LogP contribution < -0.4 is 10.1 Å². The summed E-state index contributed by atoms with van der Waals surface area (Å²) >= 11 is 1.45. The predicted octanol–water partition coefficient (Wildman–Crippen LogP) is 3.65. The molecule has 2 heterocycles. The van der Waals surface area contributed by atoms with Gasteiger partial charge in [0.15, 0.2) is 5.60 Å². The first-order valence-corrected chi connectivity index (χ1v) is 9.16. The van der Waals surface area contributed by atoms with Crippen LogP contribution in [-0.2, 0) is 4.79 Å². The molecular weight excluding hydrogens is 362 g/mol. The number of rotatable bonds is 5. The number of fused-ring (bicyclic) bond motifs is 1. The Balaban J connectivity index is 1.46. The molecule has 1 N–H and O–H groups in total. The Morgan fingerprint density at radius 1 is 1.11 bits per heavy atom. The second-order valence-corrected chi connectivity index (χ2v) is 7.38. The van der Waals surface area contributed by atoms with Gasteiger partial charge in [-0.2, -0.15) is 9.61 Å². The van der Waals surface area contributed by atoms with E-state index in [4.69, 9.17) is 4.74 Å². The number of nitrogens with zero attached hydrogens (tertiary/aromatic N) is 4. The maximum absolute atomic E-state index is 12.6. The van der Waals surface area contributed by atoms with E-state index in [9.17, 15) is 4.79 Å². The second-order valence-electron chi connectivity index (χ2n) is 6.42. The molecule has 27 heavy (non-hydrogen) atoms. The number of para-hydroxylation sites is 1. The summed E-state index contributed by atoms with van der Waals surface area (Å²) in [5.41, 5.74) is 0.632. The van der Waals surface area contributed by atoms with Crippen LogP contribution in [0.2, 0.25) is 0 Å². The van der Waals surface area contributed by atoms with Crippen LogP contribution in [0.15, 0.2) is 60.9 Å². The molecule has 0 fully saturated rings. The van der Waals surface area contributed by atoms with Gasteiger partial charge < -0.3 is 10.1 Å². The van der Waals surface area contributed by atoms with E-state index in [2.05, 4.69) is 20.6 Å². The molecule has 0 unspecified atom stereocenters. The number of ether oxygens (including phenoxy) is 1. The van der Waals surface area contributed by atoms with Crippen molar-refractivity contribution in [3.05, 3.63) is 60.9 Å². The van der Waals surface area contributed by atoms with Crippen LogP contribution in [-0.4, -0.2) is 31.3 Å². The van der Waals surface area contributed by atoms with Crippen molar-refractivity contribution >= 4 is 27.9 Å². The lowest BCUT2D eigenvalue weighted by Gasteiger charge is -2.25. The quantitative estimate of drug-likeness (QED) is 0.572. The van der Waals surface area contributed by atoms with Gasteiger partial charge in [-0.15, -0.1) is 10.2 Å². The molecule has 7 nitrogen and oxygen atoms in total. The van der Waals surface area contributed by atoms with Crippen molar-refractivity contribution in [3.8, 4) is 16.3 Å². The minimum atomic E-state index is -1.01. The van der Waals surface area contributed by atoms with Crippen LogP contribution in [0.5, 0.6) is 5.75 Å². The fourth-order valence-electron chi connectivity index (χ4n) is 2.48. The Kier molecular flexibility index (Phi) is 4.33. The van der Waals surface area contributed by atoms with Crippen molar-refractivity contribution in [2.24, 2.45) is 0 Å². The van der Waals surface area contributed by atoms with Crippen LogP contribution in [0.1, 0.15) is 13.8 Å². The first kappa shape index (κ1) is 17.2. The summed E-state index contributed by atoms with van der Waals surface area (Å²) in [5, 5.41) is 15.9. The molecule has 0 bridgehead atoms. The SMILES string of the molecule is CC(C)(Oc1ccccc1)C(=O)Nc1ccc(-c2nn3cnnc3s2)cc1. The molecule has 2 aromatic carbocycles. The number of aromatic nitrogens is 4. The molecule has 4 rings (SSSR count). The monoisotopic (exact) mass is 379 g/mol. The van der Waals surface area contributed by atoms with Gasteiger partial charge in [-0.25, -0.2) is 0 Å². The summed E-state index contributed by atoms with van der Waals surface area (Å²) in [7, 11) is 0. The molecule has 1 amide bonds. The Labute approximate surface area is 159 Å². The molecule has 8 heteroatoms. The van der Waals surface area contributed by atoms with Crippen molar-refractivity contribution in [2.45, 2.75) is 19.4 Å². The third-order valence-corrected chi connectivity index (χ3v) is 4.90. The van der Waals surface area contributed by atoms with E-state index in [1.54, 1.807) is 24.7 Å². The molecular formula is C19H17N5O2S. The van der Waals surface area contributed by atoms with Crippen molar-refractivity contribution < 1.29 is 9.53 Å². The molecule has 0 spiro atoms. The maximum atomic E-state index is 12.6. The molecule has 136 valence electrons. The fourth-order valence-corrected chi connectivity index (χ4v) is 3.31. The minimum absolute atomic E-state index is 0.224.